The summed E-state index contributed by atoms with van der Waals surface area (Å²) in [5, 5.41) is 14.9. The molecule has 144 valence electrons. The molecule has 0 spiro atoms. The van der Waals surface area contributed by atoms with Crippen LogP contribution < -0.4 is 15.4 Å². The number of hydrogen-bond donors (Lipinski definition) is 2. The predicted octanol–water partition coefficient (Wildman–Crippen LogP) is 3.37. The van der Waals surface area contributed by atoms with Gasteiger partial charge in [0, 0.05) is 22.8 Å². The van der Waals surface area contributed by atoms with Gasteiger partial charge in [-0.2, -0.15) is 0 Å². The summed E-state index contributed by atoms with van der Waals surface area (Å²) in [5.74, 6) is 2.35. The number of hydrogen-bond acceptors (Lipinski definition) is 4. The van der Waals surface area contributed by atoms with E-state index >= 15 is 0 Å². The maximum atomic E-state index is 5.41. The number of aromatic nitrogens is 3. The Morgan fingerprint density at radius 1 is 1.22 bits per heavy atom. The fourth-order valence-corrected chi connectivity index (χ4v) is 2.96. The SMILES string of the molecule is CCNC(=NCc1cc(Br)ccc1OC)NCc1nnc2ccccn12.I. The molecule has 9 heteroatoms. The van der Waals surface area contributed by atoms with Crippen LogP contribution in [-0.2, 0) is 13.1 Å². The van der Waals surface area contributed by atoms with Crippen LogP contribution in [0.25, 0.3) is 5.65 Å². The van der Waals surface area contributed by atoms with Gasteiger partial charge in [-0.25, -0.2) is 4.99 Å². The van der Waals surface area contributed by atoms with E-state index in [-0.39, 0.29) is 24.0 Å². The molecule has 0 radical (unpaired) electrons. The van der Waals surface area contributed by atoms with Crippen LogP contribution in [0.4, 0.5) is 0 Å². The molecule has 3 aromatic rings. The summed E-state index contributed by atoms with van der Waals surface area (Å²) in [6.07, 6.45) is 1.95. The lowest BCUT2D eigenvalue weighted by molar-refractivity contribution is 0.409. The number of pyridine rings is 1. The molecule has 27 heavy (non-hydrogen) atoms. The normalized spacial score (nSPS) is 11.1. The Hall–Kier alpha value is -1.88. The number of rotatable bonds is 6. The molecule has 0 amide bonds. The first-order valence-corrected chi connectivity index (χ1v) is 9.13. The Labute approximate surface area is 183 Å². The summed E-state index contributed by atoms with van der Waals surface area (Å²) in [6.45, 7) is 3.82. The van der Waals surface area contributed by atoms with Crippen molar-refractivity contribution in [3.63, 3.8) is 0 Å². The molecule has 1 aromatic carbocycles. The average Bonchev–Trinajstić information content (AvgIpc) is 3.07. The van der Waals surface area contributed by atoms with Crippen molar-refractivity contribution in [2.24, 2.45) is 4.99 Å². The van der Waals surface area contributed by atoms with Gasteiger partial charge in [0.15, 0.2) is 17.4 Å². The van der Waals surface area contributed by atoms with Gasteiger partial charge >= 0.3 is 0 Å². The number of benzene rings is 1. The summed E-state index contributed by atoms with van der Waals surface area (Å²) in [5.41, 5.74) is 1.83. The smallest absolute Gasteiger partial charge is 0.191 e. The van der Waals surface area contributed by atoms with Crippen molar-refractivity contribution in [2.75, 3.05) is 13.7 Å². The molecule has 0 aliphatic rings. The summed E-state index contributed by atoms with van der Waals surface area (Å²) in [6, 6.07) is 11.7. The fraction of sp³-hybridized carbons (Fsp3) is 0.278. The lowest BCUT2D eigenvalue weighted by Gasteiger charge is -2.12. The van der Waals surface area contributed by atoms with Crippen LogP contribution >= 0.6 is 39.9 Å². The van der Waals surface area contributed by atoms with E-state index in [0.717, 1.165) is 33.8 Å². The summed E-state index contributed by atoms with van der Waals surface area (Å²) < 4.78 is 8.36. The number of nitrogens with zero attached hydrogens (tertiary/aromatic N) is 4. The molecule has 0 unspecified atom stereocenters. The van der Waals surface area contributed by atoms with Crippen molar-refractivity contribution >= 4 is 51.5 Å². The first-order chi connectivity index (χ1) is 12.7. The van der Waals surface area contributed by atoms with E-state index < -0.39 is 0 Å². The fourth-order valence-electron chi connectivity index (χ4n) is 2.55. The largest absolute Gasteiger partial charge is 0.496 e. The number of halogens is 2. The van der Waals surface area contributed by atoms with Gasteiger partial charge in [-0.05, 0) is 37.3 Å². The summed E-state index contributed by atoms with van der Waals surface area (Å²) >= 11 is 3.49. The monoisotopic (exact) mass is 544 g/mol. The molecule has 0 aliphatic carbocycles. The molecule has 0 saturated heterocycles. The molecule has 7 nitrogen and oxygen atoms in total. The minimum Gasteiger partial charge on any atom is -0.496 e. The zero-order chi connectivity index (χ0) is 18.4. The van der Waals surface area contributed by atoms with Crippen LogP contribution in [0.5, 0.6) is 5.75 Å². The van der Waals surface area contributed by atoms with Gasteiger partial charge in [-0.1, -0.05) is 22.0 Å². The molecular weight excluding hydrogens is 523 g/mol. The van der Waals surface area contributed by atoms with E-state index in [1.54, 1.807) is 7.11 Å². The third-order valence-corrected chi connectivity index (χ3v) is 4.29. The predicted molar refractivity (Wildman–Crippen MR) is 121 cm³/mol. The minimum atomic E-state index is 0. The Morgan fingerprint density at radius 3 is 2.85 bits per heavy atom. The molecule has 0 saturated carbocycles. The highest BCUT2D eigenvalue weighted by Gasteiger charge is 2.07. The van der Waals surface area contributed by atoms with E-state index in [1.807, 2.05) is 53.9 Å². The van der Waals surface area contributed by atoms with Crippen molar-refractivity contribution in [1.29, 1.82) is 0 Å². The van der Waals surface area contributed by atoms with Crippen molar-refractivity contribution in [1.82, 2.24) is 25.2 Å². The third-order valence-electron chi connectivity index (χ3n) is 3.79. The van der Waals surface area contributed by atoms with Crippen LogP contribution in [-0.4, -0.2) is 34.2 Å². The molecule has 0 bridgehead atoms. The van der Waals surface area contributed by atoms with Crippen LogP contribution in [0, 0.1) is 0 Å². The van der Waals surface area contributed by atoms with Gasteiger partial charge in [0.05, 0.1) is 20.2 Å². The highest BCUT2D eigenvalue weighted by molar-refractivity contribution is 14.0. The number of ether oxygens (including phenoxy) is 1. The van der Waals surface area contributed by atoms with Gasteiger partial charge in [-0.15, -0.1) is 34.2 Å². The van der Waals surface area contributed by atoms with E-state index in [1.165, 1.54) is 0 Å². The van der Waals surface area contributed by atoms with E-state index in [0.29, 0.717) is 19.0 Å². The number of fused-ring (bicyclic) bond motifs is 1. The average molecular weight is 545 g/mol. The lowest BCUT2D eigenvalue weighted by atomic mass is 10.2. The Balaban J connectivity index is 0.00000261. The Kier molecular flexibility index (Phi) is 8.29. The molecule has 2 heterocycles. The summed E-state index contributed by atoms with van der Waals surface area (Å²) in [7, 11) is 1.66. The zero-order valence-electron chi connectivity index (χ0n) is 15.1. The summed E-state index contributed by atoms with van der Waals surface area (Å²) in [4.78, 5) is 4.65. The number of methoxy groups -OCH3 is 1. The standard InChI is InChI=1S/C18H21BrN6O.HI/c1-3-20-18(21-11-13-10-14(19)7-8-15(13)26-2)22-12-17-24-23-16-6-4-5-9-25(16)17;/h4-10H,3,11-12H2,1-2H3,(H2,20,21,22);1H. The number of aliphatic imine (C=N–C) groups is 1. The van der Waals surface area contributed by atoms with Crippen LogP contribution in [0.15, 0.2) is 52.1 Å². The van der Waals surface area contributed by atoms with Crippen molar-refractivity contribution in [2.45, 2.75) is 20.0 Å². The Bertz CT molecular complexity index is 914. The quantitative estimate of drug-likeness (QED) is 0.283. The van der Waals surface area contributed by atoms with Gasteiger partial charge in [0.25, 0.3) is 0 Å². The molecule has 2 N–H and O–H groups in total. The molecule has 0 atom stereocenters. The second kappa shape index (κ2) is 10.5. The third kappa shape index (κ3) is 5.55. The Morgan fingerprint density at radius 2 is 2.07 bits per heavy atom. The van der Waals surface area contributed by atoms with Crippen molar-refractivity contribution in [3.05, 3.63) is 58.5 Å². The molecular formula is C18H22BrIN6O. The van der Waals surface area contributed by atoms with Crippen molar-refractivity contribution < 1.29 is 4.74 Å². The second-order valence-corrected chi connectivity index (χ2v) is 6.47. The van der Waals surface area contributed by atoms with Gasteiger partial charge in [-0.3, -0.25) is 4.40 Å². The molecule has 0 aliphatic heterocycles. The van der Waals surface area contributed by atoms with E-state index in [2.05, 4.69) is 41.8 Å². The maximum absolute atomic E-state index is 5.41. The van der Waals surface area contributed by atoms with Gasteiger partial charge in [0.2, 0.25) is 0 Å². The van der Waals surface area contributed by atoms with Crippen LogP contribution in [0.1, 0.15) is 18.3 Å². The van der Waals surface area contributed by atoms with Gasteiger partial charge in [0.1, 0.15) is 5.75 Å². The highest BCUT2D eigenvalue weighted by Crippen LogP contribution is 2.23. The van der Waals surface area contributed by atoms with E-state index in [4.69, 9.17) is 4.74 Å². The first kappa shape index (κ1) is 21.4. The van der Waals surface area contributed by atoms with E-state index in [9.17, 15) is 0 Å². The second-order valence-electron chi connectivity index (χ2n) is 5.55. The van der Waals surface area contributed by atoms with Crippen molar-refractivity contribution in [3.8, 4) is 5.75 Å². The van der Waals surface area contributed by atoms with Crippen LogP contribution in [0.3, 0.4) is 0 Å². The van der Waals surface area contributed by atoms with Gasteiger partial charge < -0.3 is 15.4 Å². The maximum Gasteiger partial charge on any atom is 0.191 e. The zero-order valence-corrected chi connectivity index (χ0v) is 19.1. The lowest BCUT2D eigenvalue weighted by Crippen LogP contribution is -2.37. The molecule has 0 fully saturated rings. The highest BCUT2D eigenvalue weighted by atomic mass is 127. The molecule has 2 aromatic heterocycles. The van der Waals surface area contributed by atoms with Crippen LogP contribution in [0.2, 0.25) is 0 Å². The topological polar surface area (TPSA) is 75.8 Å². The minimum absolute atomic E-state index is 0. The number of nitrogens with one attached hydrogen (secondary N) is 2. The molecule has 3 rings (SSSR count). The number of guanidine groups is 1. The first-order valence-electron chi connectivity index (χ1n) is 8.34.